The SMILES string of the molecule is N#Cc1cnc(N2C(=O)OC[C@]23CCSc2c3ccc(Cl)c2F)c(OC(F)F)c1. The number of thioether (sulfide) groups is 1. The molecule has 1 fully saturated rings. The van der Waals surface area contributed by atoms with E-state index in [0.717, 1.165) is 17.2 Å². The molecule has 2 aliphatic heterocycles. The van der Waals surface area contributed by atoms with Gasteiger partial charge in [0.25, 0.3) is 0 Å². The Kier molecular flexibility index (Phi) is 4.96. The van der Waals surface area contributed by atoms with Crippen LogP contribution in [-0.4, -0.2) is 30.0 Å². The molecule has 2 aliphatic rings. The second-order valence-electron chi connectivity index (χ2n) is 6.29. The van der Waals surface area contributed by atoms with E-state index in [2.05, 4.69) is 9.72 Å². The van der Waals surface area contributed by atoms with Crippen molar-refractivity contribution in [3.05, 3.63) is 46.4 Å². The summed E-state index contributed by atoms with van der Waals surface area (Å²) in [5.41, 5.74) is -0.760. The quantitative estimate of drug-likeness (QED) is 0.687. The number of benzene rings is 1. The number of halogens is 4. The van der Waals surface area contributed by atoms with Crippen LogP contribution in [0.15, 0.2) is 29.3 Å². The molecule has 1 saturated heterocycles. The van der Waals surface area contributed by atoms with Gasteiger partial charge in [-0.3, -0.25) is 0 Å². The lowest BCUT2D eigenvalue weighted by atomic mass is 9.86. The average Bonchev–Trinajstić information content (AvgIpc) is 3.01. The minimum atomic E-state index is -3.20. The van der Waals surface area contributed by atoms with Crippen LogP contribution in [0.3, 0.4) is 0 Å². The van der Waals surface area contributed by atoms with Crippen molar-refractivity contribution in [2.45, 2.75) is 23.5 Å². The van der Waals surface area contributed by atoms with E-state index < -0.39 is 29.8 Å². The van der Waals surface area contributed by atoms with Crippen LogP contribution >= 0.6 is 23.4 Å². The smallest absolute Gasteiger partial charge is 0.416 e. The van der Waals surface area contributed by atoms with Gasteiger partial charge in [-0.25, -0.2) is 19.1 Å². The normalized spacial score (nSPS) is 20.6. The summed E-state index contributed by atoms with van der Waals surface area (Å²) in [4.78, 5) is 18.0. The number of nitrogens with zero attached hydrogens (tertiary/aromatic N) is 3. The number of pyridine rings is 1. The highest BCUT2D eigenvalue weighted by molar-refractivity contribution is 7.99. The summed E-state index contributed by atoms with van der Waals surface area (Å²) < 4.78 is 50.3. The Morgan fingerprint density at radius 1 is 1.45 bits per heavy atom. The van der Waals surface area contributed by atoms with Gasteiger partial charge in [0.05, 0.1) is 15.5 Å². The fraction of sp³-hybridized carbons (Fsp3) is 0.278. The zero-order chi connectivity index (χ0) is 20.8. The molecule has 0 saturated carbocycles. The minimum Gasteiger partial charge on any atom is -0.446 e. The number of fused-ring (bicyclic) bond motifs is 2. The Bertz CT molecular complexity index is 1050. The van der Waals surface area contributed by atoms with Gasteiger partial charge in [0, 0.05) is 18.0 Å². The number of anilines is 1. The van der Waals surface area contributed by atoms with E-state index in [0.29, 0.717) is 17.7 Å². The number of ether oxygens (including phenoxy) is 2. The number of nitriles is 1. The number of carbonyl (C=O) groups excluding carboxylic acids is 1. The van der Waals surface area contributed by atoms with Crippen molar-refractivity contribution in [2.24, 2.45) is 0 Å². The third-order valence-corrected chi connectivity index (χ3v) is 6.14. The first-order valence-electron chi connectivity index (χ1n) is 8.30. The van der Waals surface area contributed by atoms with Gasteiger partial charge < -0.3 is 9.47 Å². The van der Waals surface area contributed by atoms with Gasteiger partial charge in [-0.1, -0.05) is 17.7 Å². The fourth-order valence-electron chi connectivity index (χ4n) is 3.50. The molecule has 11 heteroatoms. The predicted molar refractivity (Wildman–Crippen MR) is 97.8 cm³/mol. The van der Waals surface area contributed by atoms with Crippen LogP contribution in [0.2, 0.25) is 5.02 Å². The maximum absolute atomic E-state index is 14.6. The van der Waals surface area contributed by atoms with Crippen molar-refractivity contribution in [2.75, 3.05) is 17.3 Å². The van der Waals surface area contributed by atoms with Crippen LogP contribution in [-0.2, 0) is 10.3 Å². The fourth-order valence-corrected chi connectivity index (χ4v) is 5.01. The number of alkyl halides is 2. The summed E-state index contributed by atoms with van der Waals surface area (Å²) in [6, 6.07) is 5.80. The molecule has 1 spiro atoms. The van der Waals surface area contributed by atoms with Gasteiger partial charge in [-0.15, -0.1) is 11.8 Å². The molecule has 0 bridgehead atoms. The van der Waals surface area contributed by atoms with Crippen LogP contribution in [0, 0.1) is 17.1 Å². The summed E-state index contributed by atoms with van der Waals surface area (Å²) in [5.74, 6) is -0.880. The van der Waals surface area contributed by atoms with Gasteiger partial charge >= 0.3 is 12.7 Å². The molecule has 0 radical (unpaired) electrons. The molecule has 0 N–H and O–H groups in total. The lowest BCUT2D eigenvalue weighted by Gasteiger charge is -2.39. The van der Waals surface area contributed by atoms with E-state index in [4.69, 9.17) is 21.6 Å². The van der Waals surface area contributed by atoms with Crippen LogP contribution in [0.1, 0.15) is 17.5 Å². The van der Waals surface area contributed by atoms with E-state index in [1.54, 1.807) is 12.1 Å². The Labute approximate surface area is 172 Å². The zero-order valence-electron chi connectivity index (χ0n) is 14.5. The first kappa shape index (κ1) is 19.7. The molecule has 1 amide bonds. The molecule has 150 valence electrons. The standard InChI is InChI=1S/C18H11ClF3N3O3S/c19-11-2-1-10-14(13(11)20)29-4-3-18(10)8-27-17(26)25(18)15-12(28-16(21)22)5-9(6-23)7-24-15/h1-2,5,7,16H,3-4,8H2/t18-/m0/s1. The summed E-state index contributed by atoms with van der Waals surface area (Å²) in [7, 11) is 0. The third kappa shape index (κ3) is 3.14. The summed E-state index contributed by atoms with van der Waals surface area (Å²) in [6.45, 7) is -3.33. The number of hydrogen-bond acceptors (Lipinski definition) is 6. The molecule has 3 heterocycles. The topological polar surface area (TPSA) is 75.5 Å². The van der Waals surface area contributed by atoms with Gasteiger partial charge in [-0.2, -0.15) is 14.0 Å². The Morgan fingerprint density at radius 3 is 2.97 bits per heavy atom. The van der Waals surface area contributed by atoms with E-state index in [1.807, 2.05) is 0 Å². The number of amides is 1. The first-order chi connectivity index (χ1) is 13.9. The number of hydrogen-bond donors (Lipinski definition) is 0. The minimum absolute atomic E-state index is 0.0246. The summed E-state index contributed by atoms with van der Waals surface area (Å²) in [6.07, 6.45) is 0.649. The first-order valence-corrected chi connectivity index (χ1v) is 9.67. The number of aromatic nitrogens is 1. The highest BCUT2D eigenvalue weighted by Gasteiger charge is 2.54. The third-order valence-electron chi connectivity index (χ3n) is 4.75. The maximum Gasteiger partial charge on any atom is 0.416 e. The molecule has 2 aromatic rings. The van der Waals surface area contributed by atoms with Gasteiger partial charge in [0.15, 0.2) is 17.4 Å². The van der Waals surface area contributed by atoms with Crippen molar-refractivity contribution in [1.82, 2.24) is 4.98 Å². The van der Waals surface area contributed by atoms with Crippen molar-refractivity contribution in [3.63, 3.8) is 0 Å². The number of carbonyl (C=O) groups is 1. The van der Waals surface area contributed by atoms with Crippen LogP contribution in [0.4, 0.5) is 23.8 Å². The molecule has 1 aromatic heterocycles. The molecule has 0 aliphatic carbocycles. The summed E-state index contributed by atoms with van der Waals surface area (Å²) in [5, 5.41) is 8.97. The Balaban J connectivity index is 1.91. The molecule has 6 nitrogen and oxygen atoms in total. The largest absolute Gasteiger partial charge is 0.446 e. The molecule has 4 rings (SSSR count). The highest BCUT2D eigenvalue weighted by atomic mass is 35.5. The maximum atomic E-state index is 14.6. The monoisotopic (exact) mass is 441 g/mol. The van der Waals surface area contributed by atoms with Gasteiger partial charge in [-0.05, 0) is 18.1 Å². The van der Waals surface area contributed by atoms with Crippen LogP contribution in [0.5, 0.6) is 5.75 Å². The summed E-state index contributed by atoms with van der Waals surface area (Å²) >= 11 is 7.13. The lowest BCUT2D eigenvalue weighted by Crippen LogP contribution is -2.47. The number of cyclic esters (lactones) is 1. The van der Waals surface area contributed by atoms with Crippen molar-refractivity contribution < 1.29 is 27.4 Å². The van der Waals surface area contributed by atoms with Crippen molar-refractivity contribution in [3.8, 4) is 11.8 Å². The van der Waals surface area contributed by atoms with E-state index in [-0.39, 0.29) is 27.9 Å². The van der Waals surface area contributed by atoms with Gasteiger partial charge in [0.2, 0.25) is 0 Å². The van der Waals surface area contributed by atoms with Crippen LogP contribution < -0.4 is 9.64 Å². The molecular formula is C18H11ClF3N3O3S. The zero-order valence-corrected chi connectivity index (χ0v) is 16.1. The molecule has 29 heavy (non-hydrogen) atoms. The second kappa shape index (κ2) is 7.31. The Morgan fingerprint density at radius 2 is 2.24 bits per heavy atom. The molecular weight excluding hydrogens is 431 g/mol. The van der Waals surface area contributed by atoms with E-state index >= 15 is 0 Å². The molecule has 1 aromatic carbocycles. The molecule has 0 unspecified atom stereocenters. The number of rotatable bonds is 3. The van der Waals surface area contributed by atoms with Crippen LogP contribution in [0.25, 0.3) is 0 Å². The van der Waals surface area contributed by atoms with E-state index in [9.17, 15) is 18.0 Å². The average molecular weight is 442 g/mol. The predicted octanol–water partition coefficient (Wildman–Crippen LogP) is 4.70. The van der Waals surface area contributed by atoms with Gasteiger partial charge in [0.1, 0.15) is 18.2 Å². The van der Waals surface area contributed by atoms with Crippen molar-refractivity contribution >= 4 is 35.3 Å². The molecule has 1 atom stereocenters. The highest BCUT2D eigenvalue weighted by Crippen LogP contribution is 2.51. The van der Waals surface area contributed by atoms with Crippen molar-refractivity contribution in [1.29, 1.82) is 5.26 Å². The van der Waals surface area contributed by atoms with E-state index in [1.165, 1.54) is 17.8 Å². The Hall–Kier alpha value is -2.64. The lowest BCUT2D eigenvalue weighted by molar-refractivity contribution is -0.0497. The second-order valence-corrected chi connectivity index (χ2v) is 7.81.